The first-order chi connectivity index (χ1) is 12.4. The van der Waals surface area contributed by atoms with Gasteiger partial charge in [0.15, 0.2) is 6.61 Å². The number of rotatable bonds is 8. The van der Waals surface area contributed by atoms with Gasteiger partial charge in [-0.3, -0.25) is 4.79 Å². The third-order valence-corrected chi connectivity index (χ3v) is 4.32. The highest BCUT2D eigenvalue weighted by atomic mass is 16.5. The molecule has 1 amide bonds. The van der Waals surface area contributed by atoms with Crippen LogP contribution in [0.2, 0.25) is 0 Å². The summed E-state index contributed by atoms with van der Waals surface area (Å²) in [5, 5.41) is 2.96. The summed E-state index contributed by atoms with van der Waals surface area (Å²) in [5.41, 5.74) is 3.25. The van der Waals surface area contributed by atoms with Crippen LogP contribution in [0.25, 0.3) is 0 Å². The van der Waals surface area contributed by atoms with Crippen molar-refractivity contribution in [3.05, 3.63) is 59.2 Å². The second-order valence-electron chi connectivity index (χ2n) is 6.61. The summed E-state index contributed by atoms with van der Waals surface area (Å²) in [5.74, 6) is 1.43. The standard InChI is InChI=1S/C21H28N2O3/c1-15-6-7-16(2)20(12-15)26-14-21(24)22-13-19(23(3)4)17-8-10-18(25-5)11-9-17/h6-12,19H,13-14H2,1-5H3,(H,22,24). The molecule has 2 rings (SSSR count). The normalized spacial score (nSPS) is 11.9. The second-order valence-corrected chi connectivity index (χ2v) is 6.61. The topological polar surface area (TPSA) is 50.8 Å². The van der Waals surface area contributed by atoms with E-state index in [2.05, 4.69) is 10.2 Å². The van der Waals surface area contributed by atoms with Crippen LogP contribution in [0, 0.1) is 13.8 Å². The number of hydrogen-bond acceptors (Lipinski definition) is 4. The Morgan fingerprint density at radius 2 is 1.81 bits per heavy atom. The molecule has 0 saturated carbocycles. The highest BCUT2D eigenvalue weighted by Crippen LogP contribution is 2.21. The van der Waals surface area contributed by atoms with Crippen molar-refractivity contribution in [2.24, 2.45) is 0 Å². The van der Waals surface area contributed by atoms with E-state index in [9.17, 15) is 4.79 Å². The summed E-state index contributed by atoms with van der Waals surface area (Å²) in [6, 6.07) is 13.9. The number of likely N-dealkylation sites (N-methyl/N-ethyl adjacent to an activating group) is 1. The molecular weight excluding hydrogens is 328 g/mol. The Morgan fingerprint density at radius 1 is 1.12 bits per heavy atom. The van der Waals surface area contributed by atoms with Crippen LogP contribution in [0.15, 0.2) is 42.5 Å². The van der Waals surface area contributed by atoms with Crippen LogP contribution in [0.3, 0.4) is 0 Å². The maximum absolute atomic E-state index is 12.2. The van der Waals surface area contributed by atoms with Gasteiger partial charge in [-0.2, -0.15) is 0 Å². The molecule has 5 heteroatoms. The molecule has 1 N–H and O–H groups in total. The van der Waals surface area contributed by atoms with Gasteiger partial charge in [-0.15, -0.1) is 0 Å². The van der Waals surface area contributed by atoms with E-state index in [1.54, 1.807) is 7.11 Å². The Bertz CT molecular complexity index is 727. The van der Waals surface area contributed by atoms with Crippen molar-refractivity contribution in [2.45, 2.75) is 19.9 Å². The fourth-order valence-electron chi connectivity index (χ4n) is 2.69. The van der Waals surface area contributed by atoms with E-state index in [1.807, 2.05) is 70.4 Å². The number of nitrogens with one attached hydrogen (secondary N) is 1. The Hall–Kier alpha value is -2.53. The number of hydrogen-bond donors (Lipinski definition) is 1. The van der Waals surface area contributed by atoms with Gasteiger partial charge in [-0.25, -0.2) is 0 Å². The molecule has 2 aromatic rings. The first kappa shape index (κ1) is 19.8. The van der Waals surface area contributed by atoms with E-state index in [-0.39, 0.29) is 18.6 Å². The summed E-state index contributed by atoms with van der Waals surface area (Å²) < 4.78 is 10.9. The lowest BCUT2D eigenvalue weighted by Gasteiger charge is -2.25. The van der Waals surface area contributed by atoms with Crippen LogP contribution in [0.4, 0.5) is 0 Å². The van der Waals surface area contributed by atoms with Crippen molar-refractivity contribution in [2.75, 3.05) is 34.4 Å². The van der Waals surface area contributed by atoms with Gasteiger partial charge in [-0.1, -0.05) is 24.3 Å². The van der Waals surface area contributed by atoms with Gasteiger partial charge in [0.1, 0.15) is 11.5 Å². The number of carbonyl (C=O) groups is 1. The molecule has 0 spiro atoms. The third-order valence-electron chi connectivity index (χ3n) is 4.32. The smallest absolute Gasteiger partial charge is 0.258 e. The number of amides is 1. The van der Waals surface area contributed by atoms with Crippen molar-refractivity contribution in [1.82, 2.24) is 10.2 Å². The van der Waals surface area contributed by atoms with Crippen LogP contribution < -0.4 is 14.8 Å². The molecule has 1 atom stereocenters. The molecule has 0 heterocycles. The monoisotopic (exact) mass is 356 g/mol. The minimum absolute atomic E-state index is 0.00700. The molecule has 1 unspecified atom stereocenters. The molecular formula is C21H28N2O3. The van der Waals surface area contributed by atoms with Gasteiger partial charge >= 0.3 is 0 Å². The lowest BCUT2D eigenvalue weighted by Crippen LogP contribution is -2.36. The highest BCUT2D eigenvalue weighted by Gasteiger charge is 2.16. The molecule has 0 fully saturated rings. The van der Waals surface area contributed by atoms with Gasteiger partial charge in [0.25, 0.3) is 5.91 Å². The molecule has 26 heavy (non-hydrogen) atoms. The van der Waals surface area contributed by atoms with E-state index >= 15 is 0 Å². The summed E-state index contributed by atoms with van der Waals surface area (Å²) in [6.45, 7) is 4.49. The lowest BCUT2D eigenvalue weighted by molar-refractivity contribution is -0.123. The molecule has 0 aromatic heterocycles. The van der Waals surface area contributed by atoms with Crippen molar-refractivity contribution in [1.29, 1.82) is 0 Å². The molecule has 2 aromatic carbocycles. The fourth-order valence-corrected chi connectivity index (χ4v) is 2.69. The number of carbonyl (C=O) groups excluding carboxylic acids is 1. The Labute approximate surface area is 155 Å². The van der Waals surface area contributed by atoms with Crippen LogP contribution in [0.5, 0.6) is 11.5 Å². The first-order valence-corrected chi connectivity index (χ1v) is 8.68. The van der Waals surface area contributed by atoms with Crippen LogP contribution in [-0.4, -0.2) is 45.2 Å². The Kier molecular flexibility index (Phi) is 7.04. The zero-order valence-electron chi connectivity index (χ0n) is 16.2. The number of benzene rings is 2. The molecule has 0 saturated heterocycles. The van der Waals surface area contributed by atoms with Gasteiger partial charge in [0.05, 0.1) is 13.2 Å². The summed E-state index contributed by atoms with van der Waals surface area (Å²) in [7, 11) is 5.63. The van der Waals surface area contributed by atoms with Crippen molar-refractivity contribution in [3.63, 3.8) is 0 Å². The predicted octanol–water partition coefficient (Wildman–Crippen LogP) is 3.11. The predicted molar refractivity (Wildman–Crippen MR) is 104 cm³/mol. The maximum atomic E-state index is 12.2. The Balaban J connectivity index is 1.91. The molecule has 140 valence electrons. The molecule has 0 aliphatic rings. The van der Waals surface area contributed by atoms with Crippen molar-refractivity contribution >= 4 is 5.91 Å². The fraction of sp³-hybridized carbons (Fsp3) is 0.381. The first-order valence-electron chi connectivity index (χ1n) is 8.68. The minimum atomic E-state index is -0.133. The summed E-state index contributed by atoms with van der Waals surface area (Å²) in [6.07, 6.45) is 0. The van der Waals surface area contributed by atoms with Crippen LogP contribution >= 0.6 is 0 Å². The van der Waals surface area contributed by atoms with Crippen molar-refractivity contribution in [3.8, 4) is 11.5 Å². The van der Waals surface area contributed by atoms with Gasteiger partial charge in [-0.05, 0) is 62.8 Å². The molecule has 0 bridgehead atoms. The highest BCUT2D eigenvalue weighted by molar-refractivity contribution is 5.77. The second kappa shape index (κ2) is 9.25. The molecule has 0 aliphatic heterocycles. The van der Waals surface area contributed by atoms with E-state index in [0.717, 1.165) is 28.2 Å². The van der Waals surface area contributed by atoms with E-state index in [0.29, 0.717) is 6.54 Å². The van der Waals surface area contributed by atoms with E-state index in [1.165, 1.54) is 0 Å². The zero-order chi connectivity index (χ0) is 19.1. The number of aryl methyl sites for hydroxylation is 2. The number of nitrogens with zero attached hydrogens (tertiary/aromatic N) is 1. The lowest BCUT2D eigenvalue weighted by atomic mass is 10.1. The summed E-state index contributed by atoms with van der Waals surface area (Å²) in [4.78, 5) is 14.3. The van der Waals surface area contributed by atoms with Gasteiger partial charge in [0.2, 0.25) is 0 Å². The number of methoxy groups -OCH3 is 1. The number of ether oxygens (including phenoxy) is 2. The molecule has 0 aliphatic carbocycles. The largest absolute Gasteiger partial charge is 0.497 e. The third kappa shape index (κ3) is 5.49. The SMILES string of the molecule is COc1ccc(C(CNC(=O)COc2cc(C)ccc2C)N(C)C)cc1. The quantitative estimate of drug-likeness (QED) is 0.790. The Morgan fingerprint density at radius 3 is 2.42 bits per heavy atom. The maximum Gasteiger partial charge on any atom is 0.258 e. The average Bonchev–Trinajstić information content (AvgIpc) is 2.63. The van der Waals surface area contributed by atoms with Crippen LogP contribution in [-0.2, 0) is 4.79 Å². The molecule has 0 radical (unpaired) electrons. The summed E-state index contributed by atoms with van der Waals surface area (Å²) >= 11 is 0. The van der Waals surface area contributed by atoms with Gasteiger partial charge < -0.3 is 19.7 Å². The van der Waals surface area contributed by atoms with Crippen molar-refractivity contribution < 1.29 is 14.3 Å². The minimum Gasteiger partial charge on any atom is -0.497 e. The van der Waals surface area contributed by atoms with Gasteiger partial charge in [0, 0.05) is 6.54 Å². The molecule has 5 nitrogen and oxygen atoms in total. The zero-order valence-corrected chi connectivity index (χ0v) is 16.2. The van der Waals surface area contributed by atoms with E-state index < -0.39 is 0 Å². The average molecular weight is 356 g/mol. The van der Waals surface area contributed by atoms with Crippen LogP contribution in [0.1, 0.15) is 22.7 Å². The van der Waals surface area contributed by atoms with E-state index in [4.69, 9.17) is 9.47 Å².